The van der Waals surface area contributed by atoms with Crippen LogP contribution in [0.2, 0.25) is 5.15 Å². The number of halogens is 1. The van der Waals surface area contributed by atoms with Crippen LogP contribution in [-0.2, 0) is 21.8 Å². The second-order valence-electron chi connectivity index (χ2n) is 5.02. The van der Waals surface area contributed by atoms with Gasteiger partial charge in [0, 0.05) is 24.2 Å². The summed E-state index contributed by atoms with van der Waals surface area (Å²) in [6.07, 6.45) is 5.65. The summed E-state index contributed by atoms with van der Waals surface area (Å²) < 4.78 is 5.79. The van der Waals surface area contributed by atoms with Crippen LogP contribution in [0.1, 0.15) is 49.2 Å². The summed E-state index contributed by atoms with van der Waals surface area (Å²) in [5.41, 5.74) is 1.92. The van der Waals surface area contributed by atoms with Crippen LogP contribution in [0.25, 0.3) is 0 Å². The molecular formula is C13H17ClN2OS. The zero-order valence-corrected chi connectivity index (χ0v) is 12.1. The highest BCUT2D eigenvalue weighted by atomic mass is 35.5. The number of hydrogen-bond donors (Lipinski definition) is 0. The summed E-state index contributed by atoms with van der Waals surface area (Å²) in [5.74, 6) is 2.69. The van der Waals surface area contributed by atoms with Crippen molar-refractivity contribution in [2.45, 2.75) is 49.2 Å². The van der Waals surface area contributed by atoms with Gasteiger partial charge in [0.05, 0.1) is 5.69 Å². The maximum absolute atomic E-state index is 6.29. The van der Waals surface area contributed by atoms with E-state index in [2.05, 4.69) is 4.98 Å². The molecule has 1 aliphatic heterocycles. The fraction of sp³-hybridized carbons (Fsp3) is 0.692. The predicted octanol–water partition coefficient (Wildman–Crippen LogP) is 3.68. The molecule has 0 bridgehead atoms. The van der Waals surface area contributed by atoms with Crippen LogP contribution in [0.3, 0.4) is 0 Å². The fourth-order valence-corrected chi connectivity index (χ4v) is 4.23. The molecule has 0 amide bonds. The van der Waals surface area contributed by atoms with E-state index in [0.717, 1.165) is 41.4 Å². The van der Waals surface area contributed by atoms with Crippen molar-refractivity contribution in [1.82, 2.24) is 9.97 Å². The minimum atomic E-state index is -0.301. The maximum Gasteiger partial charge on any atom is 0.162 e. The molecule has 0 unspecified atom stereocenters. The first-order valence-electron chi connectivity index (χ1n) is 6.44. The average Bonchev–Trinajstić information content (AvgIpc) is 2.88. The SMILES string of the molecule is COC1(c2nc(Cl)c3c(n2)CSC3)CCCCC1. The third kappa shape index (κ3) is 2.04. The van der Waals surface area contributed by atoms with Crippen LogP contribution in [0.5, 0.6) is 0 Å². The largest absolute Gasteiger partial charge is 0.370 e. The number of ether oxygens (including phenoxy) is 1. The highest BCUT2D eigenvalue weighted by molar-refractivity contribution is 7.98. The Balaban J connectivity index is 2.02. The minimum absolute atomic E-state index is 0.301. The van der Waals surface area contributed by atoms with Crippen molar-refractivity contribution in [3.63, 3.8) is 0 Å². The Labute approximate surface area is 117 Å². The van der Waals surface area contributed by atoms with E-state index in [1.807, 2.05) is 11.8 Å². The van der Waals surface area contributed by atoms with Gasteiger partial charge in [-0.2, -0.15) is 11.8 Å². The lowest BCUT2D eigenvalue weighted by Crippen LogP contribution is -2.33. The molecule has 0 radical (unpaired) electrons. The lowest BCUT2D eigenvalue weighted by Gasteiger charge is -2.34. The van der Waals surface area contributed by atoms with Crippen molar-refractivity contribution in [2.75, 3.05) is 7.11 Å². The molecule has 0 spiro atoms. The van der Waals surface area contributed by atoms with Crippen molar-refractivity contribution in [3.05, 3.63) is 22.2 Å². The van der Waals surface area contributed by atoms with Gasteiger partial charge < -0.3 is 4.74 Å². The average molecular weight is 285 g/mol. The van der Waals surface area contributed by atoms with E-state index in [1.165, 1.54) is 19.3 Å². The predicted molar refractivity (Wildman–Crippen MR) is 73.8 cm³/mol. The summed E-state index contributed by atoms with van der Waals surface area (Å²) in [7, 11) is 1.77. The van der Waals surface area contributed by atoms with Crippen molar-refractivity contribution in [2.24, 2.45) is 0 Å². The maximum atomic E-state index is 6.29. The Morgan fingerprint density at radius 1 is 1.17 bits per heavy atom. The molecule has 2 aliphatic rings. The van der Waals surface area contributed by atoms with Crippen LogP contribution in [-0.4, -0.2) is 17.1 Å². The third-order valence-corrected chi connectivity index (χ3v) is 5.27. The van der Waals surface area contributed by atoms with E-state index < -0.39 is 0 Å². The van der Waals surface area contributed by atoms with Gasteiger partial charge in [-0.3, -0.25) is 0 Å². The lowest BCUT2D eigenvalue weighted by molar-refractivity contribution is -0.0516. The number of nitrogens with zero attached hydrogens (tertiary/aromatic N) is 2. The van der Waals surface area contributed by atoms with E-state index >= 15 is 0 Å². The first-order chi connectivity index (χ1) is 8.75. The molecule has 3 rings (SSSR count). The zero-order valence-electron chi connectivity index (χ0n) is 10.5. The van der Waals surface area contributed by atoms with E-state index in [1.54, 1.807) is 7.11 Å². The van der Waals surface area contributed by atoms with E-state index in [-0.39, 0.29) is 5.60 Å². The van der Waals surface area contributed by atoms with Gasteiger partial charge in [0.1, 0.15) is 10.8 Å². The molecule has 0 N–H and O–H groups in total. The molecule has 0 aromatic carbocycles. The summed E-state index contributed by atoms with van der Waals surface area (Å²) in [5, 5.41) is 0.627. The Morgan fingerprint density at radius 2 is 1.94 bits per heavy atom. The molecular weight excluding hydrogens is 268 g/mol. The first kappa shape index (κ1) is 12.7. The van der Waals surface area contributed by atoms with Gasteiger partial charge in [0.2, 0.25) is 0 Å². The molecule has 5 heteroatoms. The third-order valence-electron chi connectivity index (χ3n) is 3.99. The highest BCUT2D eigenvalue weighted by Gasteiger charge is 2.38. The van der Waals surface area contributed by atoms with Gasteiger partial charge in [0.25, 0.3) is 0 Å². The van der Waals surface area contributed by atoms with Gasteiger partial charge in [-0.1, -0.05) is 30.9 Å². The normalized spacial score (nSPS) is 21.9. The second kappa shape index (κ2) is 4.99. The summed E-state index contributed by atoms with van der Waals surface area (Å²) >= 11 is 8.14. The molecule has 1 fully saturated rings. The molecule has 1 saturated carbocycles. The topological polar surface area (TPSA) is 35.0 Å². The fourth-order valence-electron chi connectivity index (χ4n) is 2.86. The summed E-state index contributed by atoms with van der Waals surface area (Å²) in [6, 6.07) is 0. The molecule has 3 nitrogen and oxygen atoms in total. The number of hydrogen-bond acceptors (Lipinski definition) is 4. The van der Waals surface area contributed by atoms with E-state index in [4.69, 9.17) is 21.3 Å². The number of aromatic nitrogens is 2. The number of rotatable bonds is 2. The van der Waals surface area contributed by atoms with Crippen LogP contribution >= 0.6 is 23.4 Å². The lowest BCUT2D eigenvalue weighted by atomic mass is 9.84. The standard InChI is InChI=1S/C13H17ClN2OS/c1-17-13(5-3-2-4-6-13)12-15-10-8-18-7-9(10)11(14)16-12/h2-8H2,1H3. The van der Waals surface area contributed by atoms with Crippen molar-refractivity contribution < 1.29 is 4.74 Å². The quantitative estimate of drug-likeness (QED) is 0.776. The monoisotopic (exact) mass is 284 g/mol. The molecule has 18 heavy (non-hydrogen) atoms. The smallest absolute Gasteiger partial charge is 0.162 e. The van der Waals surface area contributed by atoms with Gasteiger partial charge >= 0.3 is 0 Å². The first-order valence-corrected chi connectivity index (χ1v) is 7.97. The molecule has 0 saturated heterocycles. The highest BCUT2D eigenvalue weighted by Crippen LogP contribution is 2.41. The van der Waals surface area contributed by atoms with Crippen LogP contribution in [0, 0.1) is 0 Å². The van der Waals surface area contributed by atoms with Gasteiger partial charge in [0.15, 0.2) is 5.82 Å². The Bertz CT molecular complexity index is 461. The van der Waals surface area contributed by atoms with E-state index in [0.29, 0.717) is 5.15 Å². The van der Waals surface area contributed by atoms with Crippen molar-refractivity contribution in [3.8, 4) is 0 Å². The molecule has 2 heterocycles. The molecule has 1 aliphatic carbocycles. The number of thioether (sulfide) groups is 1. The number of methoxy groups -OCH3 is 1. The van der Waals surface area contributed by atoms with Gasteiger partial charge in [-0.15, -0.1) is 0 Å². The van der Waals surface area contributed by atoms with Crippen LogP contribution < -0.4 is 0 Å². The van der Waals surface area contributed by atoms with Crippen molar-refractivity contribution >= 4 is 23.4 Å². The van der Waals surface area contributed by atoms with E-state index in [9.17, 15) is 0 Å². The molecule has 1 aromatic rings. The Hall–Kier alpha value is -0.320. The Kier molecular flexibility index (Phi) is 3.52. The van der Waals surface area contributed by atoms with Gasteiger partial charge in [-0.25, -0.2) is 9.97 Å². The van der Waals surface area contributed by atoms with Crippen LogP contribution in [0.15, 0.2) is 0 Å². The molecule has 0 atom stereocenters. The minimum Gasteiger partial charge on any atom is -0.370 e. The summed E-state index contributed by atoms with van der Waals surface area (Å²) in [6.45, 7) is 0. The molecule has 1 aromatic heterocycles. The zero-order chi connectivity index (χ0) is 12.6. The Morgan fingerprint density at radius 3 is 2.67 bits per heavy atom. The number of fused-ring (bicyclic) bond motifs is 1. The van der Waals surface area contributed by atoms with Crippen LogP contribution in [0.4, 0.5) is 0 Å². The van der Waals surface area contributed by atoms with Gasteiger partial charge in [-0.05, 0) is 12.8 Å². The van der Waals surface area contributed by atoms with Crippen molar-refractivity contribution in [1.29, 1.82) is 0 Å². The second-order valence-corrected chi connectivity index (χ2v) is 6.36. The summed E-state index contributed by atoms with van der Waals surface area (Å²) in [4.78, 5) is 9.27. The molecule has 98 valence electrons.